The summed E-state index contributed by atoms with van der Waals surface area (Å²) in [5.41, 5.74) is -0.491. The Balaban J connectivity index is 2.16. The van der Waals surface area contributed by atoms with E-state index in [0.29, 0.717) is 19.4 Å². The van der Waals surface area contributed by atoms with E-state index in [1.807, 2.05) is 41.5 Å². The number of amides is 2. The van der Waals surface area contributed by atoms with Gasteiger partial charge < -0.3 is 19.6 Å². The Morgan fingerprint density at radius 1 is 1.29 bits per heavy atom. The number of rotatable bonds is 10. The van der Waals surface area contributed by atoms with Crippen molar-refractivity contribution < 1.29 is 24.2 Å². The van der Waals surface area contributed by atoms with E-state index >= 15 is 0 Å². The predicted molar refractivity (Wildman–Crippen MR) is 139 cm³/mol. The molecule has 3 fully saturated rings. The first-order chi connectivity index (χ1) is 16.3. The predicted octanol–water partition coefficient (Wildman–Crippen LogP) is 3.42. The molecule has 3 aliphatic heterocycles. The molecule has 3 saturated heterocycles. The molecule has 1 spiro atoms. The van der Waals surface area contributed by atoms with Gasteiger partial charge in [-0.25, -0.2) is 0 Å². The van der Waals surface area contributed by atoms with Crippen LogP contribution in [0.4, 0.5) is 0 Å². The van der Waals surface area contributed by atoms with Crippen LogP contribution in [0.15, 0.2) is 25.3 Å². The molecular formula is C27H42N2O5S. The molecule has 0 radical (unpaired) electrons. The summed E-state index contributed by atoms with van der Waals surface area (Å²) in [4.78, 5) is 45.3. The van der Waals surface area contributed by atoms with Crippen molar-refractivity contribution in [2.45, 2.75) is 87.9 Å². The number of hydrogen-bond acceptors (Lipinski definition) is 6. The summed E-state index contributed by atoms with van der Waals surface area (Å²) < 4.78 is 4.24. The molecule has 6 atom stereocenters. The summed E-state index contributed by atoms with van der Waals surface area (Å²) in [6.07, 6.45) is 5.17. The van der Waals surface area contributed by atoms with Gasteiger partial charge in [-0.15, -0.1) is 18.3 Å². The molecule has 0 aromatic carbocycles. The van der Waals surface area contributed by atoms with E-state index in [1.54, 1.807) is 27.6 Å². The standard InChI is InChI=1S/C27H42N2O5S/c1-9-13-28(25(5,6)7)23(32)21-27-12-11-26(8,35-27)20(24(33)34-14-10-2)19(27)22(31)29(21)18(16-30)15-17(3)4/h9-10,17-21,30H,1-2,11-16H2,3-8H3/t18-,19+,20+,21?,26-,27?/m1/s1. The fourth-order valence-corrected chi connectivity index (χ4v) is 8.74. The van der Waals surface area contributed by atoms with E-state index in [4.69, 9.17) is 4.74 Å². The number of carbonyl (C=O) groups excluding carboxylic acids is 3. The normalized spacial score (nSPS) is 32.5. The summed E-state index contributed by atoms with van der Waals surface area (Å²) in [5, 5.41) is 10.4. The van der Waals surface area contributed by atoms with Gasteiger partial charge >= 0.3 is 5.97 Å². The zero-order valence-electron chi connectivity index (χ0n) is 22.1. The Labute approximate surface area is 214 Å². The molecule has 8 heteroatoms. The van der Waals surface area contributed by atoms with Crippen molar-refractivity contribution in [3.05, 3.63) is 25.3 Å². The van der Waals surface area contributed by atoms with Crippen LogP contribution in [-0.4, -0.2) is 79.6 Å². The topological polar surface area (TPSA) is 87.1 Å². The van der Waals surface area contributed by atoms with Crippen LogP contribution in [0.5, 0.6) is 0 Å². The highest BCUT2D eigenvalue weighted by atomic mass is 32.2. The van der Waals surface area contributed by atoms with E-state index in [1.165, 1.54) is 6.08 Å². The number of thioether (sulfide) groups is 1. The Morgan fingerprint density at radius 2 is 1.94 bits per heavy atom. The van der Waals surface area contributed by atoms with Gasteiger partial charge in [0.1, 0.15) is 12.6 Å². The summed E-state index contributed by atoms with van der Waals surface area (Å²) in [5.74, 6) is -1.86. The zero-order chi connectivity index (χ0) is 26.3. The van der Waals surface area contributed by atoms with Crippen LogP contribution >= 0.6 is 11.8 Å². The van der Waals surface area contributed by atoms with Gasteiger partial charge in [-0.3, -0.25) is 14.4 Å². The SMILES string of the molecule is C=CCOC(=O)[C@@H]1[C@H]2C(=O)N([C@@H](CO)CC(C)C)C(C(=O)N(CC=C)C(C)(C)C)C23CC[C@@]1(C)S3. The lowest BCUT2D eigenvalue weighted by Crippen LogP contribution is -2.60. The number of carbonyl (C=O) groups is 3. The molecule has 0 saturated carbocycles. The Bertz CT molecular complexity index is 883. The monoisotopic (exact) mass is 506 g/mol. The van der Waals surface area contributed by atoms with Crippen LogP contribution in [0.2, 0.25) is 0 Å². The van der Waals surface area contributed by atoms with Crippen molar-refractivity contribution in [3.8, 4) is 0 Å². The summed E-state index contributed by atoms with van der Waals surface area (Å²) in [6, 6.07) is -1.27. The number of aliphatic hydroxyl groups is 1. The van der Waals surface area contributed by atoms with Gasteiger partial charge in [-0.05, 0) is 52.9 Å². The highest BCUT2D eigenvalue weighted by Crippen LogP contribution is 2.72. The van der Waals surface area contributed by atoms with Crippen molar-refractivity contribution in [2.75, 3.05) is 19.8 Å². The third-order valence-corrected chi connectivity index (χ3v) is 9.77. The molecule has 0 aliphatic carbocycles. The molecule has 2 bridgehead atoms. The maximum absolute atomic E-state index is 14.4. The van der Waals surface area contributed by atoms with Crippen LogP contribution in [0.3, 0.4) is 0 Å². The molecule has 2 unspecified atom stereocenters. The van der Waals surface area contributed by atoms with Crippen LogP contribution in [0, 0.1) is 17.8 Å². The molecule has 3 aliphatic rings. The van der Waals surface area contributed by atoms with Crippen molar-refractivity contribution >= 4 is 29.5 Å². The van der Waals surface area contributed by atoms with Gasteiger partial charge in [0.15, 0.2) is 0 Å². The highest BCUT2D eigenvalue weighted by Gasteiger charge is 2.78. The second kappa shape index (κ2) is 9.92. The largest absolute Gasteiger partial charge is 0.461 e. The lowest BCUT2D eigenvalue weighted by Gasteiger charge is -2.43. The van der Waals surface area contributed by atoms with Crippen LogP contribution < -0.4 is 0 Å². The zero-order valence-corrected chi connectivity index (χ0v) is 22.9. The molecule has 0 aromatic heterocycles. The summed E-state index contributed by atoms with van der Waals surface area (Å²) in [6.45, 7) is 19.7. The maximum atomic E-state index is 14.4. The Kier molecular flexibility index (Phi) is 7.88. The minimum Gasteiger partial charge on any atom is -0.461 e. The fourth-order valence-electron chi connectivity index (χ4n) is 6.42. The molecule has 3 heterocycles. The molecular weight excluding hydrogens is 464 g/mol. The third-order valence-electron chi connectivity index (χ3n) is 7.78. The number of nitrogens with zero attached hydrogens (tertiary/aromatic N) is 2. The van der Waals surface area contributed by atoms with Gasteiger partial charge in [0.2, 0.25) is 11.8 Å². The van der Waals surface area contributed by atoms with Crippen molar-refractivity contribution in [1.82, 2.24) is 9.80 Å². The van der Waals surface area contributed by atoms with Crippen molar-refractivity contribution in [3.63, 3.8) is 0 Å². The van der Waals surface area contributed by atoms with Gasteiger partial charge in [-0.1, -0.05) is 32.6 Å². The number of likely N-dealkylation sites (tertiary alicyclic amines) is 1. The number of hydrogen-bond donors (Lipinski definition) is 1. The lowest BCUT2D eigenvalue weighted by molar-refractivity contribution is -0.155. The number of ether oxygens (including phenoxy) is 1. The number of fused-ring (bicyclic) bond motifs is 1. The van der Waals surface area contributed by atoms with E-state index in [-0.39, 0.29) is 30.9 Å². The first-order valence-electron chi connectivity index (χ1n) is 12.6. The van der Waals surface area contributed by atoms with E-state index < -0.39 is 44.9 Å². The number of esters is 1. The van der Waals surface area contributed by atoms with E-state index in [2.05, 4.69) is 13.2 Å². The van der Waals surface area contributed by atoms with Crippen LogP contribution in [0.25, 0.3) is 0 Å². The number of aliphatic hydroxyl groups excluding tert-OH is 1. The summed E-state index contributed by atoms with van der Waals surface area (Å²) >= 11 is 1.61. The van der Waals surface area contributed by atoms with Gasteiger partial charge in [0.05, 0.1) is 29.2 Å². The summed E-state index contributed by atoms with van der Waals surface area (Å²) in [7, 11) is 0. The first-order valence-corrected chi connectivity index (χ1v) is 13.4. The van der Waals surface area contributed by atoms with Crippen molar-refractivity contribution in [2.24, 2.45) is 17.8 Å². The molecule has 1 N–H and O–H groups in total. The van der Waals surface area contributed by atoms with Crippen molar-refractivity contribution in [1.29, 1.82) is 0 Å². The third kappa shape index (κ3) is 4.57. The van der Waals surface area contributed by atoms with Crippen LogP contribution in [-0.2, 0) is 19.1 Å². The lowest BCUT2D eigenvalue weighted by atomic mass is 9.66. The second-order valence-corrected chi connectivity index (χ2v) is 13.7. The molecule has 2 amide bonds. The molecule has 0 aromatic rings. The first kappa shape index (κ1) is 27.8. The van der Waals surface area contributed by atoms with Crippen LogP contribution in [0.1, 0.15) is 60.8 Å². The minimum atomic E-state index is -0.765. The molecule has 3 rings (SSSR count). The van der Waals surface area contributed by atoms with Gasteiger partial charge in [0.25, 0.3) is 0 Å². The molecule has 7 nitrogen and oxygen atoms in total. The van der Waals surface area contributed by atoms with Gasteiger partial charge in [-0.2, -0.15) is 0 Å². The average Bonchev–Trinajstić information content (AvgIpc) is 3.33. The highest BCUT2D eigenvalue weighted by molar-refractivity contribution is 8.02. The fraction of sp³-hybridized carbons (Fsp3) is 0.741. The maximum Gasteiger partial charge on any atom is 0.311 e. The van der Waals surface area contributed by atoms with E-state index in [0.717, 1.165) is 6.42 Å². The average molecular weight is 507 g/mol. The Morgan fingerprint density at radius 3 is 2.46 bits per heavy atom. The molecule has 35 heavy (non-hydrogen) atoms. The van der Waals surface area contributed by atoms with E-state index in [9.17, 15) is 19.5 Å². The second-order valence-electron chi connectivity index (χ2n) is 11.8. The Hall–Kier alpha value is -1.80. The quantitative estimate of drug-likeness (QED) is 0.361. The minimum absolute atomic E-state index is 0.0831. The molecule has 196 valence electrons. The van der Waals surface area contributed by atoms with Gasteiger partial charge in [0, 0.05) is 16.8 Å². The smallest absolute Gasteiger partial charge is 0.311 e.